The lowest BCUT2D eigenvalue weighted by Gasteiger charge is -2.42. The minimum atomic E-state index is -1.02. The third-order valence-electron chi connectivity index (χ3n) is 6.67. The number of anilines is 1. The Hall–Kier alpha value is -3.58. The van der Waals surface area contributed by atoms with E-state index in [-0.39, 0.29) is 36.8 Å². The summed E-state index contributed by atoms with van der Waals surface area (Å²) in [6.45, 7) is 1.87. The third kappa shape index (κ3) is 4.10. The highest BCUT2D eigenvalue weighted by atomic mass is 32.1. The summed E-state index contributed by atoms with van der Waals surface area (Å²) in [5, 5.41) is 1.89. The van der Waals surface area contributed by atoms with E-state index in [1.165, 1.54) is 22.3 Å². The number of thiophene rings is 1. The maximum Gasteiger partial charge on any atom is 0.317 e. The molecule has 5 nitrogen and oxygen atoms in total. The van der Waals surface area contributed by atoms with Crippen molar-refractivity contribution >= 4 is 34.7 Å². The van der Waals surface area contributed by atoms with Gasteiger partial charge in [-0.1, -0.05) is 48.5 Å². The summed E-state index contributed by atoms with van der Waals surface area (Å²) < 4.78 is 20.3. The molecule has 2 aromatic carbocycles. The van der Waals surface area contributed by atoms with Gasteiger partial charge >= 0.3 is 5.97 Å². The van der Waals surface area contributed by atoms with Crippen LogP contribution in [0.25, 0.3) is 0 Å². The number of esters is 1. The molecule has 1 aliphatic carbocycles. The Morgan fingerprint density at radius 3 is 2.46 bits per heavy atom. The number of amides is 1. The van der Waals surface area contributed by atoms with Crippen LogP contribution in [-0.2, 0) is 19.1 Å². The summed E-state index contributed by atoms with van der Waals surface area (Å²) in [4.78, 5) is 43.0. The first-order valence-electron chi connectivity index (χ1n) is 11.6. The average molecular weight is 490 g/mol. The van der Waals surface area contributed by atoms with Crippen LogP contribution in [-0.4, -0.2) is 24.3 Å². The summed E-state index contributed by atoms with van der Waals surface area (Å²) in [7, 11) is 0. The number of carbonyl (C=O) groups excluding carboxylic acids is 3. The van der Waals surface area contributed by atoms with Crippen molar-refractivity contribution in [2.45, 2.75) is 31.6 Å². The molecule has 5 rings (SSSR count). The average Bonchev–Trinajstić information content (AvgIpc) is 3.40. The monoisotopic (exact) mass is 489 g/mol. The normalized spacial score (nSPS) is 22.2. The minimum Gasteiger partial charge on any atom is -0.465 e. The molecule has 0 radical (unpaired) electrons. The number of ketones is 1. The van der Waals surface area contributed by atoms with Gasteiger partial charge in [0.2, 0.25) is 5.91 Å². The van der Waals surface area contributed by atoms with Crippen LogP contribution in [0.3, 0.4) is 0 Å². The Balaban J connectivity index is 1.73. The number of rotatable bonds is 5. The quantitative estimate of drug-likeness (QED) is 0.346. The van der Waals surface area contributed by atoms with E-state index in [0.717, 1.165) is 10.4 Å². The van der Waals surface area contributed by atoms with Gasteiger partial charge in [-0.05, 0) is 42.5 Å². The van der Waals surface area contributed by atoms with Crippen LogP contribution >= 0.6 is 11.3 Å². The van der Waals surface area contributed by atoms with Crippen molar-refractivity contribution in [1.29, 1.82) is 0 Å². The van der Waals surface area contributed by atoms with Crippen molar-refractivity contribution in [2.24, 2.45) is 5.92 Å². The molecule has 0 spiro atoms. The van der Waals surface area contributed by atoms with Gasteiger partial charge in [0.15, 0.2) is 5.78 Å². The van der Waals surface area contributed by atoms with Crippen LogP contribution in [0.4, 0.5) is 10.1 Å². The largest absolute Gasteiger partial charge is 0.465 e. The van der Waals surface area contributed by atoms with Crippen LogP contribution in [0.15, 0.2) is 83.4 Å². The SMILES string of the molecule is CCOC(=O)C1C(=O)C2=C(CC1c1cccs1)N(c1ccccc1F)C(=O)CC2c1ccccc1. The Bertz CT molecular complexity index is 1300. The number of hydrogen-bond acceptors (Lipinski definition) is 5. The Kier molecular flexibility index (Phi) is 6.34. The van der Waals surface area contributed by atoms with E-state index in [1.54, 1.807) is 25.1 Å². The maximum atomic E-state index is 14.9. The first kappa shape index (κ1) is 23.2. The molecule has 1 amide bonds. The second kappa shape index (κ2) is 9.58. The lowest BCUT2D eigenvalue weighted by atomic mass is 9.69. The molecular formula is C28H24FNO4S. The van der Waals surface area contributed by atoms with Crippen LogP contribution in [0.2, 0.25) is 0 Å². The molecule has 7 heteroatoms. The number of carbonyl (C=O) groups is 3. The molecule has 2 aliphatic rings. The fourth-order valence-corrected chi connectivity index (χ4v) is 6.05. The van der Waals surface area contributed by atoms with E-state index in [2.05, 4.69) is 0 Å². The molecule has 0 saturated heterocycles. The van der Waals surface area contributed by atoms with E-state index in [0.29, 0.717) is 11.3 Å². The molecule has 0 bridgehead atoms. The third-order valence-corrected chi connectivity index (χ3v) is 7.67. The van der Waals surface area contributed by atoms with E-state index < -0.39 is 29.5 Å². The van der Waals surface area contributed by atoms with Gasteiger partial charge in [-0.25, -0.2) is 4.39 Å². The van der Waals surface area contributed by atoms with Gasteiger partial charge in [0.25, 0.3) is 0 Å². The predicted molar refractivity (Wildman–Crippen MR) is 132 cm³/mol. The fourth-order valence-electron chi connectivity index (χ4n) is 5.18. The second-order valence-electron chi connectivity index (χ2n) is 8.63. The molecule has 0 fully saturated rings. The van der Waals surface area contributed by atoms with Gasteiger partial charge in [0, 0.05) is 34.4 Å². The highest BCUT2D eigenvalue weighted by Crippen LogP contribution is 2.50. The molecule has 3 atom stereocenters. The zero-order valence-corrected chi connectivity index (χ0v) is 20.0. The predicted octanol–water partition coefficient (Wildman–Crippen LogP) is 5.60. The first-order chi connectivity index (χ1) is 17.0. The highest BCUT2D eigenvalue weighted by molar-refractivity contribution is 7.10. The van der Waals surface area contributed by atoms with Crippen molar-refractivity contribution in [1.82, 2.24) is 0 Å². The standard InChI is InChI=1S/C28H24FNO4S/c1-2-34-28(33)26-19(23-13-8-14-35-23)15-22-25(27(26)32)18(17-9-4-3-5-10-17)16-24(31)30(22)21-12-7-6-11-20(21)29/h3-14,18-19,26H,2,15-16H2,1H3. The van der Waals surface area contributed by atoms with E-state index in [4.69, 9.17) is 4.74 Å². The number of benzene rings is 2. The van der Waals surface area contributed by atoms with Crippen LogP contribution in [0.1, 0.15) is 42.0 Å². The summed E-state index contributed by atoms with van der Waals surface area (Å²) in [6.07, 6.45) is 0.247. The lowest BCUT2D eigenvalue weighted by Crippen LogP contribution is -2.46. The minimum absolute atomic E-state index is 0.00212. The van der Waals surface area contributed by atoms with Gasteiger partial charge in [-0.2, -0.15) is 0 Å². The Morgan fingerprint density at radius 1 is 1.03 bits per heavy atom. The Morgan fingerprint density at radius 2 is 1.77 bits per heavy atom. The zero-order chi connectivity index (χ0) is 24.5. The molecule has 3 aromatic rings. The fraction of sp³-hybridized carbons (Fsp3) is 0.250. The van der Waals surface area contributed by atoms with E-state index in [9.17, 15) is 18.8 Å². The number of Topliss-reactive ketones (excluding diaryl/α,β-unsaturated/α-hetero) is 1. The number of allylic oxidation sites excluding steroid dienone is 2. The lowest BCUT2D eigenvalue weighted by molar-refractivity contribution is -0.152. The number of para-hydroxylation sites is 1. The molecule has 2 heterocycles. The number of nitrogens with zero attached hydrogens (tertiary/aromatic N) is 1. The summed E-state index contributed by atoms with van der Waals surface area (Å²) in [5.74, 6) is -3.79. The molecule has 3 unspecified atom stereocenters. The van der Waals surface area contributed by atoms with Crippen LogP contribution < -0.4 is 4.90 Å². The zero-order valence-electron chi connectivity index (χ0n) is 19.1. The molecule has 0 N–H and O–H groups in total. The Labute approximate surface area is 206 Å². The van der Waals surface area contributed by atoms with E-state index in [1.807, 2.05) is 47.8 Å². The molecular weight excluding hydrogens is 465 g/mol. The van der Waals surface area contributed by atoms with Crippen molar-refractivity contribution in [3.63, 3.8) is 0 Å². The van der Waals surface area contributed by atoms with Crippen molar-refractivity contribution < 1.29 is 23.5 Å². The van der Waals surface area contributed by atoms with Crippen molar-refractivity contribution in [2.75, 3.05) is 11.5 Å². The molecule has 178 valence electrons. The molecule has 1 aromatic heterocycles. The van der Waals surface area contributed by atoms with Gasteiger partial charge in [-0.15, -0.1) is 11.3 Å². The van der Waals surface area contributed by atoms with Gasteiger partial charge in [0.1, 0.15) is 11.7 Å². The maximum absolute atomic E-state index is 14.9. The van der Waals surface area contributed by atoms with Crippen LogP contribution in [0.5, 0.6) is 0 Å². The topological polar surface area (TPSA) is 63.7 Å². The summed E-state index contributed by atoms with van der Waals surface area (Å²) >= 11 is 1.45. The van der Waals surface area contributed by atoms with Crippen molar-refractivity contribution in [3.8, 4) is 0 Å². The number of halogens is 1. The smallest absolute Gasteiger partial charge is 0.317 e. The molecule has 1 aliphatic heterocycles. The van der Waals surface area contributed by atoms with Crippen molar-refractivity contribution in [3.05, 3.63) is 99.6 Å². The van der Waals surface area contributed by atoms with E-state index >= 15 is 0 Å². The second-order valence-corrected chi connectivity index (χ2v) is 9.61. The van der Waals surface area contributed by atoms with Gasteiger partial charge < -0.3 is 4.74 Å². The first-order valence-corrected chi connectivity index (χ1v) is 12.5. The summed E-state index contributed by atoms with van der Waals surface area (Å²) in [5.41, 5.74) is 1.78. The number of ether oxygens (including phenoxy) is 1. The number of hydrogen-bond donors (Lipinski definition) is 0. The molecule has 0 saturated carbocycles. The van der Waals surface area contributed by atoms with Gasteiger partial charge in [-0.3, -0.25) is 19.3 Å². The van der Waals surface area contributed by atoms with Gasteiger partial charge in [0.05, 0.1) is 12.3 Å². The van der Waals surface area contributed by atoms with Crippen LogP contribution in [0, 0.1) is 11.7 Å². The summed E-state index contributed by atoms with van der Waals surface area (Å²) in [6, 6.07) is 19.1. The molecule has 35 heavy (non-hydrogen) atoms. The highest BCUT2D eigenvalue weighted by Gasteiger charge is 2.50.